The first-order chi connectivity index (χ1) is 15.0. The fraction of sp³-hybridized carbons (Fsp3) is 0.368. The van der Waals surface area contributed by atoms with Gasteiger partial charge in [0.15, 0.2) is 0 Å². The summed E-state index contributed by atoms with van der Waals surface area (Å²) < 4.78 is 29.8. The van der Waals surface area contributed by atoms with E-state index in [4.69, 9.17) is 5.84 Å². The first-order valence-electron chi connectivity index (χ1n) is 9.82. The zero-order chi connectivity index (χ0) is 23.6. The lowest BCUT2D eigenvalue weighted by Gasteiger charge is -2.13. The van der Waals surface area contributed by atoms with Crippen LogP contribution in [-0.2, 0) is 14.8 Å². The van der Waals surface area contributed by atoms with E-state index in [0.717, 1.165) is 23.1 Å². The zero-order valence-electron chi connectivity index (χ0n) is 18.4. The van der Waals surface area contributed by atoms with Crippen LogP contribution in [0.1, 0.15) is 32.2 Å². The van der Waals surface area contributed by atoms with E-state index in [1.54, 1.807) is 25.5 Å². The van der Waals surface area contributed by atoms with E-state index in [2.05, 4.69) is 25.3 Å². The molecule has 3 rings (SSSR count). The van der Waals surface area contributed by atoms with Gasteiger partial charge in [-0.25, -0.2) is 22.5 Å². The lowest BCUT2D eigenvalue weighted by atomic mass is 10.3. The van der Waals surface area contributed by atoms with Gasteiger partial charge >= 0.3 is 0 Å². The zero-order valence-corrected chi connectivity index (χ0v) is 20.0. The average Bonchev–Trinajstić information content (AvgIpc) is 3.22. The first kappa shape index (κ1) is 23.8. The summed E-state index contributed by atoms with van der Waals surface area (Å²) in [6.45, 7) is 8.95. The number of aromatic nitrogens is 5. The molecule has 172 valence electrons. The van der Waals surface area contributed by atoms with Crippen molar-refractivity contribution in [2.45, 2.75) is 56.0 Å². The normalized spacial score (nSPS) is 12.8. The largest absolute Gasteiger partial charge is 0.334 e. The number of nitrogen functional groups attached to an aromatic ring is 1. The van der Waals surface area contributed by atoms with Crippen molar-refractivity contribution < 1.29 is 13.2 Å². The quantitative estimate of drug-likeness (QED) is 0.326. The smallest absolute Gasteiger partial charge is 0.271 e. The Kier molecular flexibility index (Phi) is 6.91. The standard InChI is InChI=1S/C19H26N8O3S2/c1-11(2)25-32(29,30)16-8-6-15(7-9-16)21-17(28)14(5)31-19-23-22-18(26(19)20)27-13(4)10-12(3)24-27/h6-11,14,25H,20H2,1-5H3,(H,21,28). The van der Waals surface area contributed by atoms with Gasteiger partial charge in [-0.2, -0.15) is 5.10 Å². The monoisotopic (exact) mass is 478 g/mol. The summed E-state index contributed by atoms with van der Waals surface area (Å²) >= 11 is 1.15. The highest BCUT2D eigenvalue weighted by Gasteiger charge is 2.21. The fourth-order valence-electron chi connectivity index (χ4n) is 2.88. The Bertz CT molecular complexity index is 1220. The second-order valence-corrected chi connectivity index (χ2v) is 10.6. The summed E-state index contributed by atoms with van der Waals surface area (Å²) in [5.74, 6) is 6.18. The van der Waals surface area contributed by atoms with Crippen LogP contribution >= 0.6 is 11.8 Å². The van der Waals surface area contributed by atoms with Gasteiger partial charge in [0.05, 0.1) is 15.8 Å². The number of sulfonamides is 1. The van der Waals surface area contributed by atoms with Gasteiger partial charge in [0.2, 0.25) is 21.1 Å². The third-order valence-electron chi connectivity index (χ3n) is 4.32. The lowest BCUT2D eigenvalue weighted by Crippen LogP contribution is -2.30. The summed E-state index contributed by atoms with van der Waals surface area (Å²) in [5, 5.41) is 15.1. The molecule has 0 fully saturated rings. The minimum Gasteiger partial charge on any atom is -0.334 e. The van der Waals surface area contributed by atoms with Crippen molar-refractivity contribution in [3.63, 3.8) is 0 Å². The second kappa shape index (κ2) is 9.30. The Morgan fingerprint density at radius 2 is 1.78 bits per heavy atom. The van der Waals surface area contributed by atoms with Gasteiger partial charge in [-0.15, -0.1) is 10.2 Å². The molecule has 0 saturated carbocycles. The van der Waals surface area contributed by atoms with Crippen molar-refractivity contribution in [3.05, 3.63) is 41.7 Å². The number of aryl methyl sites for hydroxylation is 2. The molecule has 0 aliphatic rings. The molecule has 2 aromatic heterocycles. The van der Waals surface area contributed by atoms with Crippen LogP contribution in [-0.4, -0.2) is 50.3 Å². The topological polar surface area (TPSA) is 150 Å². The third kappa shape index (κ3) is 5.29. The Morgan fingerprint density at radius 1 is 1.12 bits per heavy atom. The van der Waals surface area contributed by atoms with E-state index in [1.165, 1.54) is 28.9 Å². The van der Waals surface area contributed by atoms with Crippen LogP contribution < -0.4 is 15.9 Å². The summed E-state index contributed by atoms with van der Waals surface area (Å²) in [4.78, 5) is 12.7. The molecular formula is C19H26N8O3S2. The van der Waals surface area contributed by atoms with Gasteiger partial charge in [-0.05, 0) is 65.0 Å². The Balaban J connectivity index is 1.66. The Labute approximate surface area is 190 Å². The van der Waals surface area contributed by atoms with E-state index in [0.29, 0.717) is 16.8 Å². The van der Waals surface area contributed by atoms with Crippen LogP contribution in [0.5, 0.6) is 0 Å². The van der Waals surface area contributed by atoms with Gasteiger partial charge < -0.3 is 11.2 Å². The van der Waals surface area contributed by atoms with E-state index >= 15 is 0 Å². The number of carbonyl (C=O) groups is 1. The van der Waals surface area contributed by atoms with Crippen molar-refractivity contribution in [1.82, 2.24) is 29.4 Å². The number of nitrogens with one attached hydrogen (secondary N) is 2. The Hall–Kier alpha value is -2.90. The van der Waals surface area contributed by atoms with Crippen LogP contribution in [0.25, 0.3) is 5.95 Å². The molecule has 3 aromatic rings. The molecule has 2 heterocycles. The maximum absolute atomic E-state index is 12.6. The molecule has 0 spiro atoms. The molecule has 13 heteroatoms. The number of hydrogen-bond donors (Lipinski definition) is 3. The molecule has 1 aromatic carbocycles. The fourth-order valence-corrected chi connectivity index (χ4v) is 4.89. The van der Waals surface area contributed by atoms with E-state index < -0.39 is 15.3 Å². The summed E-state index contributed by atoms with van der Waals surface area (Å²) in [6, 6.07) is 7.63. The van der Waals surface area contributed by atoms with Gasteiger partial charge in [-0.1, -0.05) is 11.8 Å². The first-order valence-corrected chi connectivity index (χ1v) is 12.2. The van der Waals surface area contributed by atoms with Crippen molar-refractivity contribution in [3.8, 4) is 5.95 Å². The number of benzene rings is 1. The molecule has 4 N–H and O–H groups in total. The molecule has 1 unspecified atom stereocenters. The van der Waals surface area contributed by atoms with Crippen molar-refractivity contribution in [1.29, 1.82) is 0 Å². The Morgan fingerprint density at radius 3 is 2.34 bits per heavy atom. The highest BCUT2D eigenvalue weighted by Crippen LogP contribution is 2.24. The summed E-state index contributed by atoms with van der Waals surface area (Å²) in [7, 11) is -3.59. The van der Waals surface area contributed by atoms with Gasteiger partial charge in [0.25, 0.3) is 5.95 Å². The number of amides is 1. The molecular weight excluding hydrogens is 452 g/mol. The van der Waals surface area contributed by atoms with Crippen molar-refractivity contribution in [2.75, 3.05) is 11.2 Å². The molecule has 1 amide bonds. The van der Waals surface area contributed by atoms with Gasteiger partial charge in [-0.3, -0.25) is 4.79 Å². The average molecular weight is 479 g/mol. The summed E-state index contributed by atoms with van der Waals surface area (Å²) in [5.41, 5.74) is 2.16. The van der Waals surface area contributed by atoms with E-state index in [1.807, 2.05) is 19.9 Å². The molecule has 0 bridgehead atoms. The highest BCUT2D eigenvalue weighted by atomic mass is 32.2. The predicted molar refractivity (Wildman–Crippen MR) is 123 cm³/mol. The summed E-state index contributed by atoms with van der Waals surface area (Å²) in [6.07, 6.45) is 0. The maximum Gasteiger partial charge on any atom is 0.271 e. The molecule has 0 saturated heterocycles. The van der Waals surface area contributed by atoms with Crippen LogP contribution in [0.2, 0.25) is 0 Å². The minimum absolute atomic E-state index is 0.125. The maximum atomic E-state index is 12.6. The van der Waals surface area contributed by atoms with Crippen molar-refractivity contribution >= 4 is 33.4 Å². The minimum atomic E-state index is -3.59. The van der Waals surface area contributed by atoms with E-state index in [-0.39, 0.29) is 16.8 Å². The third-order valence-corrected chi connectivity index (χ3v) is 7.05. The van der Waals surface area contributed by atoms with Gasteiger partial charge in [0, 0.05) is 17.4 Å². The lowest BCUT2D eigenvalue weighted by molar-refractivity contribution is -0.115. The molecule has 32 heavy (non-hydrogen) atoms. The number of nitrogens with zero attached hydrogens (tertiary/aromatic N) is 5. The number of anilines is 1. The number of carbonyl (C=O) groups excluding carboxylic acids is 1. The van der Waals surface area contributed by atoms with Gasteiger partial charge in [0.1, 0.15) is 0 Å². The van der Waals surface area contributed by atoms with Crippen LogP contribution in [0.15, 0.2) is 40.4 Å². The molecule has 1 atom stereocenters. The molecule has 11 nitrogen and oxygen atoms in total. The number of thioether (sulfide) groups is 1. The second-order valence-electron chi connectivity index (χ2n) is 7.54. The SMILES string of the molecule is Cc1cc(C)n(-c2nnc(SC(C)C(=O)Nc3ccc(S(=O)(=O)NC(C)C)cc3)n2N)n1. The molecule has 0 aliphatic carbocycles. The van der Waals surface area contributed by atoms with Crippen LogP contribution in [0.3, 0.4) is 0 Å². The molecule has 0 aliphatic heterocycles. The predicted octanol–water partition coefficient (Wildman–Crippen LogP) is 1.60. The molecule has 0 radical (unpaired) electrons. The number of nitrogens with two attached hydrogens (primary N) is 1. The number of rotatable bonds is 8. The van der Waals surface area contributed by atoms with Crippen LogP contribution in [0.4, 0.5) is 5.69 Å². The van der Waals surface area contributed by atoms with E-state index in [9.17, 15) is 13.2 Å². The van der Waals surface area contributed by atoms with Crippen molar-refractivity contribution in [2.24, 2.45) is 0 Å². The van der Waals surface area contributed by atoms with Crippen LogP contribution in [0, 0.1) is 13.8 Å². The number of hydrogen-bond acceptors (Lipinski definition) is 8. The highest BCUT2D eigenvalue weighted by molar-refractivity contribution is 8.00.